The third-order valence-corrected chi connectivity index (χ3v) is 2.94. The summed E-state index contributed by atoms with van der Waals surface area (Å²) in [6.45, 7) is 0.578. The molecule has 0 saturated carbocycles. The number of unbranched alkanes of at least 4 members (excludes halogenated alkanes) is 2. The van der Waals surface area contributed by atoms with Gasteiger partial charge in [-0.3, -0.25) is 0 Å². The molecule has 1 heterocycles. The molecule has 4 heteroatoms. The van der Waals surface area contributed by atoms with E-state index in [1.165, 1.54) is 0 Å². The summed E-state index contributed by atoms with van der Waals surface area (Å²) in [6, 6.07) is 9.53. The number of nitriles is 1. The number of ether oxygens (including phenoxy) is 1. The molecule has 2 rings (SSSR count). The molecule has 0 bridgehead atoms. The molecule has 0 atom stereocenters. The van der Waals surface area contributed by atoms with Gasteiger partial charge in [0.25, 0.3) is 0 Å². The Morgan fingerprint density at radius 3 is 2.83 bits per heavy atom. The van der Waals surface area contributed by atoms with Crippen LogP contribution < -0.4 is 4.74 Å². The molecule has 94 valence electrons. The Labute approximate surface area is 111 Å². The lowest BCUT2D eigenvalue weighted by Crippen LogP contribution is -1.98. The van der Waals surface area contributed by atoms with Crippen LogP contribution in [0.5, 0.6) is 5.75 Å². The summed E-state index contributed by atoms with van der Waals surface area (Å²) in [5.41, 5.74) is 0.685. The highest BCUT2D eigenvalue weighted by molar-refractivity contribution is 6.17. The monoisotopic (exact) mass is 263 g/mol. The van der Waals surface area contributed by atoms with Gasteiger partial charge in [0.2, 0.25) is 5.76 Å². The topological polar surface area (TPSA) is 46.2 Å². The van der Waals surface area contributed by atoms with Gasteiger partial charge in [-0.15, -0.1) is 11.6 Å². The quantitative estimate of drug-likeness (QED) is 0.582. The maximum Gasteiger partial charge on any atom is 0.246 e. The van der Waals surface area contributed by atoms with E-state index < -0.39 is 0 Å². The molecular formula is C14H14ClNO2. The molecule has 1 aromatic heterocycles. The molecule has 3 nitrogen and oxygen atoms in total. The first kappa shape index (κ1) is 12.8. The predicted molar refractivity (Wildman–Crippen MR) is 71.0 cm³/mol. The zero-order valence-corrected chi connectivity index (χ0v) is 10.7. The van der Waals surface area contributed by atoms with Crippen molar-refractivity contribution in [3.05, 3.63) is 30.0 Å². The first-order valence-electron chi connectivity index (χ1n) is 5.97. The van der Waals surface area contributed by atoms with Crippen LogP contribution in [0, 0.1) is 11.3 Å². The summed E-state index contributed by atoms with van der Waals surface area (Å²) < 4.78 is 11.1. The van der Waals surface area contributed by atoms with Gasteiger partial charge in [0, 0.05) is 5.88 Å². The largest absolute Gasteiger partial charge is 0.488 e. The number of nitrogens with zero attached hydrogens (tertiary/aromatic N) is 1. The van der Waals surface area contributed by atoms with E-state index in [9.17, 15) is 0 Å². The maximum absolute atomic E-state index is 9.02. The molecular weight excluding hydrogens is 250 g/mol. The van der Waals surface area contributed by atoms with Crippen LogP contribution in [0.3, 0.4) is 0 Å². The second-order valence-electron chi connectivity index (χ2n) is 3.97. The highest BCUT2D eigenvalue weighted by Gasteiger charge is 2.14. The van der Waals surface area contributed by atoms with Gasteiger partial charge >= 0.3 is 0 Å². The molecule has 0 fully saturated rings. The lowest BCUT2D eigenvalue weighted by atomic mass is 10.2. The van der Waals surface area contributed by atoms with E-state index in [1.807, 2.05) is 30.3 Å². The normalized spacial score (nSPS) is 10.4. The van der Waals surface area contributed by atoms with E-state index in [-0.39, 0.29) is 5.76 Å². The van der Waals surface area contributed by atoms with Gasteiger partial charge in [-0.05, 0) is 31.4 Å². The fourth-order valence-corrected chi connectivity index (χ4v) is 1.98. The average Bonchev–Trinajstić information content (AvgIpc) is 2.77. The summed E-state index contributed by atoms with van der Waals surface area (Å²) in [5, 5.41) is 9.87. The zero-order chi connectivity index (χ0) is 12.8. The average molecular weight is 264 g/mol. The smallest absolute Gasteiger partial charge is 0.246 e. The highest BCUT2D eigenvalue weighted by atomic mass is 35.5. The third-order valence-electron chi connectivity index (χ3n) is 2.68. The number of benzene rings is 1. The molecule has 0 aliphatic rings. The molecule has 0 spiro atoms. The lowest BCUT2D eigenvalue weighted by Gasteiger charge is -2.03. The molecule has 18 heavy (non-hydrogen) atoms. The minimum Gasteiger partial charge on any atom is -0.488 e. The Morgan fingerprint density at radius 2 is 2.06 bits per heavy atom. The Balaban J connectivity index is 2.09. The van der Waals surface area contributed by atoms with Crippen LogP contribution in [0.2, 0.25) is 0 Å². The van der Waals surface area contributed by atoms with Gasteiger partial charge in [0.05, 0.1) is 12.0 Å². The van der Waals surface area contributed by atoms with Crippen LogP contribution in [-0.2, 0) is 0 Å². The number of hydrogen-bond donors (Lipinski definition) is 0. The number of hydrogen-bond acceptors (Lipinski definition) is 3. The van der Waals surface area contributed by atoms with Gasteiger partial charge in [0.1, 0.15) is 11.7 Å². The van der Waals surface area contributed by atoms with Crippen molar-refractivity contribution in [3.8, 4) is 11.8 Å². The molecule has 0 radical (unpaired) electrons. The van der Waals surface area contributed by atoms with Crippen LogP contribution >= 0.6 is 11.6 Å². The van der Waals surface area contributed by atoms with E-state index in [0.717, 1.165) is 24.6 Å². The molecule has 0 aliphatic carbocycles. The van der Waals surface area contributed by atoms with Crippen molar-refractivity contribution in [2.45, 2.75) is 19.3 Å². The Kier molecular flexibility index (Phi) is 4.49. The lowest BCUT2D eigenvalue weighted by molar-refractivity contribution is 0.304. The van der Waals surface area contributed by atoms with E-state index >= 15 is 0 Å². The number of halogens is 1. The minimum absolute atomic E-state index is 0.244. The molecule has 2 aromatic rings. The second kappa shape index (κ2) is 6.32. The molecule has 1 aromatic carbocycles. The summed E-state index contributed by atoms with van der Waals surface area (Å²) in [7, 11) is 0. The van der Waals surface area contributed by atoms with E-state index in [0.29, 0.717) is 23.8 Å². The Hall–Kier alpha value is -1.66. The zero-order valence-electron chi connectivity index (χ0n) is 9.99. The number of fused-ring (bicyclic) bond motifs is 1. The SMILES string of the molecule is N#Cc1oc2ccccc2c1OCCCCCCl. The summed E-state index contributed by atoms with van der Waals surface area (Å²) in [5.74, 6) is 1.48. The van der Waals surface area contributed by atoms with E-state index in [2.05, 4.69) is 0 Å². The van der Waals surface area contributed by atoms with Crippen molar-refractivity contribution in [1.82, 2.24) is 0 Å². The van der Waals surface area contributed by atoms with Crippen LogP contribution in [0.4, 0.5) is 0 Å². The Bertz CT molecular complexity index is 556. The standard InChI is InChI=1S/C14H14ClNO2/c15-8-4-1-5-9-17-14-11-6-2-3-7-12(11)18-13(14)10-16/h2-3,6-7H,1,4-5,8-9H2. The highest BCUT2D eigenvalue weighted by Crippen LogP contribution is 2.32. The molecule has 0 N–H and O–H groups in total. The second-order valence-corrected chi connectivity index (χ2v) is 4.34. The first-order chi connectivity index (χ1) is 8.86. The fraction of sp³-hybridized carbons (Fsp3) is 0.357. The number of alkyl halides is 1. The predicted octanol–water partition coefficient (Wildman–Crippen LogP) is 4.09. The number of rotatable bonds is 6. The van der Waals surface area contributed by atoms with Gasteiger partial charge in [-0.25, -0.2) is 0 Å². The molecule has 0 saturated heterocycles. The Morgan fingerprint density at radius 1 is 1.22 bits per heavy atom. The summed E-state index contributed by atoms with van der Waals surface area (Å²) >= 11 is 5.61. The number of furan rings is 1. The minimum atomic E-state index is 0.244. The van der Waals surface area contributed by atoms with Gasteiger partial charge in [-0.2, -0.15) is 5.26 Å². The van der Waals surface area contributed by atoms with E-state index in [4.69, 9.17) is 26.0 Å². The van der Waals surface area contributed by atoms with Crippen molar-refractivity contribution >= 4 is 22.6 Å². The van der Waals surface area contributed by atoms with E-state index in [1.54, 1.807) is 0 Å². The molecule has 0 amide bonds. The molecule has 0 unspecified atom stereocenters. The fourth-order valence-electron chi connectivity index (χ4n) is 1.79. The van der Waals surface area contributed by atoms with Crippen molar-refractivity contribution < 1.29 is 9.15 Å². The maximum atomic E-state index is 9.02. The van der Waals surface area contributed by atoms with Crippen molar-refractivity contribution in [3.63, 3.8) is 0 Å². The van der Waals surface area contributed by atoms with Gasteiger partial charge in [0.15, 0.2) is 5.75 Å². The number of para-hydroxylation sites is 1. The van der Waals surface area contributed by atoms with Crippen molar-refractivity contribution in [2.75, 3.05) is 12.5 Å². The van der Waals surface area contributed by atoms with Crippen LogP contribution in [-0.4, -0.2) is 12.5 Å². The summed E-state index contributed by atoms with van der Waals surface area (Å²) in [6.07, 6.45) is 2.94. The van der Waals surface area contributed by atoms with Crippen LogP contribution in [0.25, 0.3) is 11.0 Å². The van der Waals surface area contributed by atoms with Crippen molar-refractivity contribution in [2.24, 2.45) is 0 Å². The van der Waals surface area contributed by atoms with Gasteiger partial charge < -0.3 is 9.15 Å². The van der Waals surface area contributed by atoms with Crippen LogP contribution in [0.1, 0.15) is 25.0 Å². The molecule has 0 aliphatic heterocycles. The third kappa shape index (κ3) is 2.77. The summed E-state index contributed by atoms with van der Waals surface area (Å²) in [4.78, 5) is 0. The van der Waals surface area contributed by atoms with Crippen LogP contribution in [0.15, 0.2) is 28.7 Å². The van der Waals surface area contributed by atoms with Crippen molar-refractivity contribution in [1.29, 1.82) is 5.26 Å². The first-order valence-corrected chi connectivity index (χ1v) is 6.50. The van der Waals surface area contributed by atoms with Gasteiger partial charge in [-0.1, -0.05) is 12.1 Å².